The zero-order valence-electron chi connectivity index (χ0n) is 17.4. The molecule has 2 aromatic rings. The molecule has 2 aliphatic heterocycles. The summed E-state index contributed by atoms with van der Waals surface area (Å²) in [6.45, 7) is 1.46. The first-order valence-electron chi connectivity index (χ1n) is 10.3. The number of likely N-dealkylation sites (tertiary alicyclic amines) is 1. The van der Waals surface area contributed by atoms with Crippen LogP contribution in [-0.2, 0) is 11.2 Å². The number of hydrogen-bond donors (Lipinski definition) is 3. The van der Waals surface area contributed by atoms with Gasteiger partial charge in [-0.15, -0.1) is 0 Å². The van der Waals surface area contributed by atoms with Crippen LogP contribution >= 0.6 is 0 Å². The van der Waals surface area contributed by atoms with Crippen molar-refractivity contribution < 1.29 is 34.1 Å². The normalized spacial score (nSPS) is 18.4. The van der Waals surface area contributed by atoms with Crippen molar-refractivity contribution in [3.8, 4) is 11.5 Å². The molecule has 3 N–H and O–H groups in total. The average molecular weight is 426 g/mol. The predicted molar refractivity (Wildman–Crippen MR) is 113 cm³/mol. The van der Waals surface area contributed by atoms with Crippen LogP contribution in [0.25, 0.3) is 0 Å². The Hall–Kier alpha value is -3.04. The Bertz CT molecular complexity index is 1020. The number of ether oxygens (including phenoxy) is 1. The van der Waals surface area contributed by atoms with E-state index in [1.165, 1.54) is 0 Å². The summed E-state index contributed by atoms with van der Waals surface area (Å²) in [7, 11) is 0. The molecule has 0 unspecified atom stereocenters. The lowest BCUT2D eigenvalue weighted by Gasteiger charge is -2.41. The van der Waals surface area contributed by atoms with Crippen LogP contribution in [0, 0.1) is 6.92 Å². The zero-order valence-corrected chi connectivity index (χ0v) is 17.4. The van der Waals surface area contributed by atoms with Gasteiger partial charge in [-0.05, 0) is 37.5 Å². The number of fused-ring (bicyclic) bond motifs is 1. The third-order valence-electron chi connectivity index (χ3n) is 5.91. The number of aromatic carboxylic acids is 1. The topological polar surface area (TPSA) is 117 Å². The van der Waals surface area contributed by atoms with Crippen molar-refractivity contribution in [2.75, 3.05) is 13.1 Å². The summed E-state index contributed by atoms with van der Waals surface area (Å²) in [6, 6.07) is 11.1. The molecule has 0 aliphatic carbocycles. The lowest BCUT2D eigenvalue weighted by Crippen LogP contribution is -2.57. The van der Waals surface area contributed by atoms with Crippen molar-refractivity contribution >= 4 is 18.6 Å². The molecule has 2 aliphatic rings. The molecule has 164 valence electrons. The molecule has 0 saturated carbocycles. The molecule has 1 fully saturated rings. The van der Waals surface area contributed by atoms with E-state index in [0.29, 0.717) is 25.1 Å². The maximum Gasteiger partial charge on any atom is 0.430 e. The van der Waals surface area contributed by atoms with Crippen LogP contribution in [0.5, 0.6) is 11.5 Å². The first-order chi connectivity index (χ1) is 14.6. The van der Waals surface area contributed by atoms with Crippen LogP contribution in [0.2, 0.25) is 6.32 Å². The van der Waals surface area contributed by atoms with Crippen LogP contribution in [0.15, 0.2) is 36.4 Å². The number of hydrogen-bond acceptors (Lipinski definition) is 6. The van der Waals surface area contributed by atoms with Gasteiger partial charge >= 0.3 is 12.7 Å². The second-order valence-corrected chi connectivity index (χ2v) is 8.36. The molecular formula is C22H25BNO7-. The van der Waals surface area contributed by atoms with E-state index >= 15 is 0 Å². The molecule has 1 saturated heterocycles. The minimum absolute atomic E-state index is 0.00509. The van der Waals surface area contributed by atoms with Gasteiger partial charge in [0.25, 0.3) is 0 Å². The van der Waals surface area contributed by atoms with Gasteiger partial charge in [-0.2, -0.15) is 0 Å². The number of carboxylic acid groups (broad SMARTS) is 1. The summed E-state index contributed by atoms with van der Waals surface area (Å²) in [5.41, 5.74) is 2.43. The molecular weight excluding hydrogens is 401 g/mol. The second kappa shape index (κ2) is 7.90. The first kappa shape index (κ1) is 21.2. The van der Waals surface area contributed by atoms with Crippen LogP contribution in [0.3, 0.4) is 0 Å². The molecule has 2 aromatic carbocycles. The fourth-order valence-electron chi connectivity index (χ4n) is 3.97. The van der Waals surface area contributed by atoms with Gasteiger partial charge in [0.1, 0.15) is 17.4 Å². The minimum atomic E-state index is -3.09. The largest absolute Gasteiger partial charge is 0.669 e. The Morgan fingerprint density at radius 2 is 1.84 bits per heavy atom. The maximum atomic E-state index is 12.7. The molecule has 1 atom stereocenters. The number of aryl methyl sites for hydroxylation is 2. The molecule has 0 bridgehead atoms. The minimum Gasteiger partial charge on any atom is -0.669 e. The van der Waals surface area contributed by atoms with Gasteiger partial charge in [0.15, 0.2) is 0 Å². The Morgan fingerprint density at radius 3 is 2.48 bits per heavy atom. The van der Waals surface area contributed by atoms with E-state index < -0.39 is 12.7 Å². The zero-order chi connectivity index (χ0) is 22.3. The van der Waals surface area contributed by atoms with E-state index in [4.69, 9.17) is 9.39 Å². The van der Waals surface area contributed by atoms with Crippen LogP contribution in [-0.4, -0.2) is 57.9 Å². The molecule has 0 radical (unpaired) electrons. The van der Waals surface area contributed by atoms with Gasteiger partial charge in [-0.1, -0.05) is 42.2 Å². The number of nitrogens with zero attached hydrogens (tertiary/aromatic N) is 1. The Balaban J connectivity index is 1.44. The highest BCUT2D eigenvalue weighted by Gasteiger charge is 2.37. The molecule has 0 spiro atoms. The van der Waals surface area contributed by atoms with E-state index in [9.17, 15) is 24.7 Å². The number of benzene rings is 2. The average Bonchev–Trinajstić information content (AvgIpc) is 2.68. The van der Waals surface area contributed by atoms with Gasteiger partial charge in [0, 0.05) is 0 Å². The van der Waals surface area contributed by atoms with Crippen molar-refractivity contribution in [1.29, 1.82) is 0 Å². The molecule has 2 heterocycles. The number of carboxylic acids is 1. The van der Waals surface area contributed by atoms with Gasteiger partial charge < -0.3 is 29.4 Å². The summed E-state index contributed by atoms with van der Waals surface area (Å²) in [4.78, 5) is 26.3. The highest BCUT2D eigenvalue weighted by Crippen LogP contribution is 2.39. The number of amides is 1. The third-order valence-corrected chi connectivity index (χ3v) is 5.91. The van der Waals surface area contributed by atoms with Crippen molar-refractivity contribution in [1.82, 2.24) is 4.90 Å². The second-order valence-electron chi connectivity index (χ2n) is 8.36. The van der Waals surface area contributed by atoms with E-state index in [1.54, 1.807) is 17.0 Å². The summed E-state index contributed by atoms with van der Waals surface area (Å²) >= 11 is 0. The van der Waals surface area contributed by atoms with E-state index in [1.807, 2.05) is 38.1 Å². The monoisotopic (exact) mass is 426 g/mol. The third kappa shape index (κ3) is 4.24. The fraction of sp³-hybridized carbons (Fsp3) is 0.364. The summed E-state index contributed by atoms with van der Waals surface area (Å²) in [5.74, 6) is -1.55. The van der Waals surface area contributed by atoms with Crippen LogP contribution in [0.4, 0.5) is 0 Å². The number of rotatable bonds is 5. The van der Waals surface area contributed by atoms with Crippen molar-refractivity contribution in [2.24, 2.45) is 0 Å². The van der Waals surface area contributed by atoms with Gasteiger partial charge in [0.2, 0.25) is 5.91 Å². The molecule has 1 amide bonds. The molecule has 31 heavy (non-hydrogen) atoms. The standard InChI is InChI=1S/C22H25BNO7/c1-13-3-5-15(6-4-13)14(2)21(25)24-11-17(12-24)30-18-8-7-16-9-10-23(28,29)31-20(16)19(18)22(26)27/h3-8,14,17,28-29H,9-12H2,1-2H3,(H,26,27)/q-1/t14-/m1/s1. The summed E-state index contributed by atoms with van der Waals surface area (Å²) in [6.07, 6.45) is -0.0520. The van der Waals surface area contributed by atoms with Gasteiger partial charge in [-0.25, -0.2) is 4.79 Å². The van der Waals surface area contributed by atoms with E-state index in [2.05, 4.69) is 0 Å². The highest BCUT2D eigenvalue weighted by atomic mass is 16.6. The SMILES string of the molecule is Cc1ccc([C@@H](C)C(=O)N2CC(Oc3ccc4c(c3C(=O)O)O[B-](O)(O)CC4)C2)cc1. The van der Waals surface area contributed by atoms with E-state index in [0.717, 1.165) is 11.1 Å². The summed E-state index contributed by atoms with van der Waals surface area (Å²) in [5, 5.41) is 29.3. The predicted octanol–water partition coefficient (Wildman–Crippen LogP) is 1.94. The Labute approximate surface area is 180 Å². The number of carbonyl (C=O) groups excluding carboxylic acids is 1. The number of carbonyl (C=O) groups is 2. The lowest BCUT2D eigenvalue weighted by atomic mass is 9.70. The fourth-order valence-corrected chi connectivity index (χ4v) is 3.97. The van der Waals surface area contributed by atoms with Crippen molar-refractivity contribution in [3.63, 3.8) is 0 Å². The summed E-state index contributed by atoms with van der Waals surface area (Å²) < 4.78 is 11.0. The van der Waals surface area contributed by atoms with Crippen molar-refractivity contribution in [3.05, 3.63) is 58.7 Å². The van der Waals surface area contributed by atoms with Crippen LogP contribution < -0.4 is 9.39 Å². The van der Waals surface area contributed by atoms with E-state index in [-0.39, 0.29) is 41.3 Å². The molecule has 4 rings (SSSR count). The molecule has 8 nitrogen and oxygen atoms in total. The first-order valence-corrected chi connectivity index (χ1v) is 10.3. The van der Waals surface area contributed by atoms with Crippen LogP contribution in [0.1, 0.15) is 39.9 Å². The van der Waals surface area contributed by atoms with Gasteiger partial charge in [-0.3, -0.25) is 4.79 Å². The Kier molecular flexibility index (Phi) is 5.41. The Morgan fingerprint density at radius 1 is 1.16 bits per heavy atom. The highest BCUT2D eigenvalue weighted by molar-refractivity contribution is 6.59. The van der Waals surface area contributed by atoms with Gasteiger partial charge in [0.05, 0.1) is 24.8 Å². The maximum absolute atomic E-state index is 12.7. The quantitative estimate of drug-likeness (QED) is 0.626. The smallest absolute Gasteiger partial charge is 0.430 e. The lowest BCUT2D eigenvalue weighted by molar-refractivity contribution is -0.141. The van der Waals surface area contributed by atoms with Crippen molar-refractivity contribution in [2.45, 2.75) is 38.6 Å². The molecule has 0 aromatic heterocycles. The molecule has 9 heteroatoms.